The van der Waals surface area contributed by atoms with Crippen molar-refractivity contribution in [3.05, 3.63) is 46.9 Å². The van der Waals surface area contributed by atoms with Crippen molar-refractivity contribution in [1.29, 1.82) is 0 Å². The van der Waals surface area contributed by atoms with Crippen LogP contribution in [0.2, 0.25) is 0 Å². The minimum Gasteiger partial charge on any atom is -0.479 e. The van der Waals surface area contributed by atoms with Gasteiger partial charge in [-0.1, -0.05) is 18.2 Å². The highest BCUT2D eigenvalue weighted by molar-refractivity contribution is 7.19. The highest BCUT2D eigenvalue weighted by Gasteiger charge is 2.43. The number of hydrogen-bond donors (Lipinski definition) is 4. The second kappa shape index (κ2) is 6.64. The first kappa shape index (κ1) is 17.1. The van der Waals surface area contributed by atoms with Gasteiger partial charge in [-0.3, -0.25) is 0 Å². The zero-order valence-corrected chi connectivity index (χ0v) is 13.9. The fraction of sp³-hybridized carbons (Fsp3) is 0.389. The summed E-state index contributed by atoms with van der Waals surface area (Å²) in [5, 5.41) is 40.3. The molecule has 24 heavy (non-hydrogen) atoms. The molecule has 6 heteroatoms. The molecular weight excluding hydrogens is 328 g/mol. The predicted octanol–water partition coefficient (Wildman–Crippen LogP) is 2.09. The normalized spacial score (nSPS) is 27.2. The fourth-order valence-electron chi connectivity index (χ4n) is 3.12. The van der Waals surface area contributed by atoms with Gasteiger partial charge in [0.05, 0.1) is 6.10 Å². The smallest absolute Gasteiger partial charge is 0.339 e. The Morgan fingerprint density at radius 1 is 1.25 bits per heavy atom. The van der Waals surface area contributed by atoms with Crippen LogP contribution >= 0.6 is 11.3 Å². The van der Waals surface area contributed by atoms with Gasteiger partial charge in [-0.2, -0.15) is 0 Å². The third kappa shape index (κ3) is 3.37. The minimum atomic E-state index is -2.11. The molecule has 1 aliphatic carbocycles. The first-order valence-corrected chi connectivity index (χ1v) is 8.72. The van der Waals surface area contributed by atoms with E-state index in [0.717, 1.165) is 6.42 Å². The van der Waals surface area contributed by atoms with Crippen LogP contribution in [0, 0.1) is 0 Å². The van der Waals surface area contributed by atoms with Crippen LogP contribution in [0.25, 0.3) is 10.1 Å². The number of hydrogen-bond acceptors (Lipinski definition) is 5. The molecule has 1 aliphatic rings. The van der Waals surface area contributed by atoms with Crippen molar-refractivity contribution in [3.8, 4) is 0 Å². The number of carboxylic acids is 1. The molecule has 0 aliphatic heterocycles. The maximum absolute atomic E-state index is 11.2. The van der Waals surface area contributed by atoms with Gasteiger partial charge in [-0.25, -0.2) is 4.79 Å². The Morgan fingerprint density at radius 2 is 2.00 bits per heavy atom. The van der Waals surface area contributed by atoms with Gasteiger partial charge in [0.1, 0.15) is 6.10 Å². The van der Waals surface area contributed by atoms with Gasteiger partial charge < -0.3 is 20.4 Å². The average Bonchev–Trinajstić information content (AvgIpc) is 2.94. The molecule has 0 radical (unpaired) electrons. The first-order chi connectivity index (χ1) is 11.4. The summed E-state index contributed by atoms with van der Waals surface area (Å²) >= 11 is 1.72. The SMILES string of the molecule is O=C(O)[C@]1(O)C=C(CCCc2cc3ccccc3s2)[C@@H](O)[C@H](O)C1. The number of fused-ring (bicyclic) bond motifs is 1. The second-order valence-electron chi connectivity index (χ2n) is 6.27. The summed E-state index contributed by atoms with van der Waals surface area (Å²) in [5.41, 5.74) is -1.72. The van der Waals surface area contributed by atoms with Gasteiger partial charge in [0.25, 0.3) is 0 Å². The molecule has 4 N–H and O–H groups in total. The Balaban J connectivity index is 1.68. The number of thiophene rings is 1. The standard InChI is InChI=1S/C18H20O5S/c19-14-10-18(23,17(21)22)9-12(16(14)20)5-3-6-13-8-11-4-1-2-7-15(11)24-13/h1-2,4,7-9,14,16,19-20,23H,3,5-6,10H2,(H,21,22)/t14-,16-,18+/m1/s1. The van der Waals surface area contributed by atoms with Crippen molar-refractivity contribution < 1.29 is 25.2 Å². The van der Waals surface area contributed by atoms with E-state index in [1.165, 1.54) is 21.0 Å². The zero-order valence-electron chi connectivity index (χ0n) is 13.1. The summed E-state index contributed by atoms with van der Waals surface area (Å²) < 4.78 is 1.22. The monoisotopic (exact) mass is 348 g/mol. The molecule has 0 saturated heterocycles. The highest BCUT2D eigenvalue weighted by atomic mass is 32.1. The van der Waals surface area contributed by atoms with E-state index in [1.54, 1.807) is 11.3 Å². The zero-order chi connectivity index (χ0) is 17.3. The molecule has 1 aromatic heterocycles. The Kier molecular flexibility index (Phi) is 4.73. The summed E-state index contributed by atoms with van der Waals surface area (Å²) in [7, 11) is 0. The minimum absolute atomic E-state index is 0.389. The molecule has 1 heterocycles. The first-order valence-electron chi connectivity index (χ1n) is 7.90. The summed E-state index contributed by atoms with van der Waals surface area (Å²) in [6.45, 7) is 0. The van der Waals surface area contributed by atoms with Crippen LogP contribution in [0.1, 0.15) is 24.1 Å². The van der Waals surface area contributed by atoms with Gasteiger partial charge in [-0.05, 0) is 48.4 Å². The van der Waals surface area contributed by atoms with Crippen LogP contribution < -0.4 is 0 Å². The van der Waals surface area contributed by atoms with Gasteiger partial charge in [0.15, 0.2) is 5.60 Å². The molecule has 0 saturated carbocycles. The molecule has 128 valence electrons. The maximum atomic E-state index is 11.2. The van der Waals surface area contributed by atoms with E-state index in [1.807, 2.05) is 12.1 Å². The van der Waals surface area contributed by atoms with Crippen LogP contribution in [0.3, 0.4) is 0 Å². The van der Waals surface area contributed by atoms with Crippen LogP contribution in [0.5, 0.6) is 0 Å². The summed E-state index contributed by atoms with van der Waals surface area (Å²) in [6.07, 6.45) is 0.342. The molecular formula is C18H20O5S. The lowest BCUT2D eigenvalue weighted by Gasteiger charge is -2.33. The molecule has 2 aromatic rings. The van der Waals surface area contributed by atoms with Gasteiger partial charge in [-0.15, -0.1) is 11.3 Å². The second-order valence-corrected chi connectivity index (χ2v) is 7.44. The van der Waals surface area contributed by atoms with E-state index in [-0.39, 0.29) is 0 Å². The maximum Gasteiger partial charge on any atom is 0.339 e. The van der Waals surface area contributed by atoms with Gasteiger partial charge >= 0.3 is 5.97 Å². The lowest BCUT2D eigenvalue weighted by Crippen LogP contribution is -2.48. The predicted molar refractivity (Wildman–Crippen MR) is 92.1 cm³/mol. The van der Waals surface area contributed by atoms with Crippen molar-refractivity contribution >= 4 is 27.4 Å². The molecule has 3 rings (SSSR count). The summed E-state index contributed by atoms with van der Waals surface area (Å²) in [6, 6.07) is 10.3. The average molecular weight is 348 g/mol. The largest absolute Gasteiger partial charge is 0.479 e. The Morgan fingerprint density at radius 3 is 2.71 bits per heavy atom. The summed E-state index contributed by atoms with van der Waals surface area (Å²) in [4.78, 5) is 12.4. The third-order valence-electron chi connectivity index (χ3n) is 4.42. The van der Waals surface area contributed by atoms with Crippen LogP contribution in [0.4, 0.5) is 0 Å². The summed E-state index contributed by atoms with van der Waals surface area (Å²) in [5.74, 6) is -1.41. The van der Waals surface area contributed by atoms with Crippen molar-refractivity contribution in [1.82, 2.24) is 0 Å². The highest BCUT2D eigenvalue weighted by Crippen LogP contribution is 2.31. The van der Waals surface area contributed by atoms with Crippen LogP contribution in [0.15, 0.2) is 42.0 Å². The molecule has 3 atom stereocenters. The van der Waals surface area contributed by atoms with E-state index < -0.39 is 30.2 Å². The van der Waals surface area contributed by atoms with Crippen LogP contribution in [-0.4, -0.2) is 44.2 Å². The number of carbonyl (C=O) groups is 1. The number of aliphatic hydroxyl groups excluding tert-OH is 2. The fourth-order valence-corrected chi connectivity index (χ4v) is 4.23. The number of aliphatic carboxylic acids is 1. The van der Waals surface area contributed by atoms with E-state index >= 15 is 0 Å². The van der Waals surface area contributed by atoms with Gasteiger partial charge in [0, 0.05) is 16.0 Å². The Labute approximate surface area is 143 Å². The molecule has 0 fully saturated rings. The molecule has 0 unspecified atom stereocenters. The van der Waals surface area contributed by atoms with Crippen molar-refractivity contribution in [3.63, 3.8) is 0 Å². The third-order valence-corrected chi connectivity index (χ3v) is 5.60. The molecule has 1 aromatic carbocycles. The number of aliphatic hydroxyl groups is 3. The Bertz CT molecular complexity index is 748. The molecule has 0 amide bonds. The van der Waals surface area contributed by atoms with E-state index in [9.17, 15) is 20.1 Å². The van der Waals surface area contributed by atoms with E-state index in [4.69, 9.17) is 5.11 Å². The topological polar surface area (TPSA) is 98.0 Å². The van der Waals surface area contributed by atoms with E-state index in [0.29, 0.717) is 18.4 Å². The lowest BCUT2D eigenvalue weighted by atomic mass is 9.81. The lowest BCUT2D eigenvalue weighted by molar-refractivity contribution is -0.158. The van der Waals surface area contributed by atoms with Crippen LogP contribution in [-0.2, 0) is 11.2 Å². The molecule has 0 bridgehead atoms. The number of rotatable bonds is 5. The number of aryl methyl sites for hydroxylation is 1. The van der Waals surface area contributed by atoms with E-state index in [2.05, 4.69) is 18.2 Å². The molecule has 0 spiro atoms. The van der Waals surface area contributed by atoms with Crippen molar-refractivity contribution in [2.75, 3.05) is 0 Å². The Hall–Kier alpha value is -1.73. The molecule has 5 nitrogen and oxygen atoms in total. The number of carboxylic acid groups (broad SMARTS) is 1. The van der Waals surface area contributed by atoms with Crippen molar-refractivity contribution in [2.24, 2.45) is 0 Å². The van der Waals surface area contributed by atoms with Gasteiger partial charge in [0.2, 0.25) is 0 Å². The number of benzene rings is 1. The van der Waals surface area contributed by atoms with Crippen molar-refractivity contribution in [2.45, 2.75) is 43.5 Å². The quantitative estimate of drug-likeness (QED) is 0.620.